The molecule has 2 aliphatic carbocycles. The Morgan fingerprint density at radius 2 is 1.63 bits per heavy atom. The van der Waals surface area contributed by atoms with Crippen LogP contribution in [0.15, 0.2) is 78.9 Å². The molecule has 9 nitrogen and oxygen atoms in total. The van der Waals surface area contributed by atoms with Gasteiger partial charge < -0.3 is 24.5 Å². The number of hydrogen-bond donors (Lipinski definition) is 2. The summed E-state index contributed by atoms with van der Waals surface area (Å²) in [7, 11) is 0. The molecule has 5 heterocycles. The average Bonchev–Trinajstić information content (AvgIpc) is 3.78. The number of nitrogens with zero attached hydrogens (tertiary/aromatic N) is 3. The van der Waals surface area contributed by atoms with Gasteiger partial charge in [-0.25, -0.2) is 4.39 Å². The number of aromatic hydroxyl groups is 1. The maximum Gasteiger partial charge on any atom is 0.255 e. The van der Waals surface area contributed by atoms with Crippen molar-refractivity contribution < 1.29 is 28.6 Å². The second-order valence-corrected chi connectivity index (χ2v) is 19.1. The molecule has 10 heteroatoms. The highest BCUT2D eigenvalue weighted by atomic mass is 19.1. The molecule has 4 aromatic rings. The van der Waals surface area contributed by atoms with Gasteiger partial charge in [0.15, 0.2) is 0 Å². The number of rotatable bonds is 6. The van der Waals surface area contributed by atoms with E-state index in [1.54, 1.807) is 17.0 Å². The molecule has 1 saturated carbocycles. The van der Waals surface area contributed by atoms with E-state index < -0.39 is 11.9 Å². The number of phenols is 1. The molecule has 2 N–H and O–H groups in total. The number of hydrogen-bond acceptors (Lipinski definition) is 7. The van der Waals surface area contributed by atoms with Crippen molar-refractivity contribution in [2.24, 2.45) is 11.3 Å². The first-order chi connectivity index (χ1) is 29.2. The number of fused-ring (bicyclic) bond motifs is 5. The van der Waals surface area contributed by atoms with E-state index in [0.717, 1.165) is 93.7 Å². The molecule has 4 aromatic carbocycles. The van der Waals surface area contributed by atoms with E-state index in [1.165, 1.54) is 29.5 Å². The second kappa shape index (κ2) is 14.5. The van der Waals surface area contributed by atoms with Crippen LogP contribution in [-0.4, -0.2) is 78.0 Å². The van der Waals surface area contributed by atoms with E-state index in [4.69, 9.17) is 4.74 Å². The summed E-state index contributed by atoms with van der Waals surface area (Å²) >= 11 is 0. The van der Waals surface area contributed by atoms with E-state index in [-0.39, 0.29) is 47.1 Å². The number of likely N-dealkylation sites (tertiary alicyclic amines) is 1. The van der Waals surface area contributed by atoms with Gasteiger partial charge in [-0.2, -0.15) is 0 Å². The number of anilines is 1. The van der Waals surface area contributed by atoms with E-state index in [1.807, 2.05) is 30.3 Å². The lowest BCUT2D eigenvalue weighted by Crippen LogP contribution is -2.52. The molecule has 0 bridgehead atoms. The van der Waals surface area contributed by atoms with Crippen LogP contribution in [0.25, 0.3) is 0 Å². The monoisotopic (exact) mass is 808 g/mol. The Balaban J connectivity index is 0.695. The fraction of sp³-hybridized carbons (Fsp3) is 0.460. The Kier molecular flexibility index (Phi) is 9.10. The minimum Gasteiger partial charge on any atom is -0.508 e. The molecular formula is C50H53FN4O5. The summed E-state index contributed by atoms with van der Waals surface area (Å²) in [6.07, 6.45) is 9.17. The number of carbonyl (C=O) groups excluding carboxylic acids is 3. The number of amides is 3. The third-order valence-electron chi connectivity index (χ3n) is 15.8. The highest BCUT2D eigenvalue weighted by Crippen LogP contribution is 2.55. The Morgan fingerprint density at radius 3 is 2.40 bits per heavy atom. The molecular weight excluding hydrogens is 756 g/mol. The molecule has 3 amide bonds. The third kappa shape index (κ3) is 6.31. The second-order valence-electron chi connectivity index (χ2n) is 19.1. The van der Waals surface area contributed by atoms with Crippen molar-refractivity contribution in [3.8, 4) is 11.5 Å². The standard InChI is InChI=1S/C50H53FN4O5/c51-41-25-34(45-36(32-4-2-1-3-5-32)9-6-33-24-35(56)8-10-37(33)45)7-13-42(41)54-22-16-49(17-23-54)26-31(27-49)28-53-20-18-50(19-21-53)30-60-46-39-29-55(43-14-15-44(57)52-47(43)58)48(59)38(39)11-12-40(46)50/h1-5,7-8,10-13,24-25,31,36,43,45,56H,6,9,14-23,26-30H2,(H,52,57,58)/t36-,43+,45+/m1/s1. The third-order valence-corrected chi connectivity index (χ3v) is 15.8. The molecule has 3 atom stereocenters. The molecule has 0 radical (unpaired) electrons. The quantitative estimate of drug-likeness (QED) is 0.194. The van der Waals surface area contributed by atoms with Crippen molar-refractivity contribution >= 4 is 23.4 Å². The Bertz CT molecular complexity index is 2380. The van der Waals surface area contributed by atoms with E-state index in [2.05, 4.69) is 51.5 Å². The lowest BCUT2D eigenvalue weighted by atomic mass is 9.57. The minimum absolute atomic E-state index is 0.0251. The normalized spacial score (nSPS) is 25.8. The van der Waals surface area contributed by atoms with Crippen LogP contribution in [0.5, 0.6) is 11.5 Å². The number of ether oxygens (including phenoxy) is 1. The fourth-order valence-corrected chi connectivity index (χ4v) is 12.6. The first-order valence-electron chi connectivity index (χ1n) is 22.2. The van der Waals surface area contributed by atoms with Crippen molar-refractivity contribution in [2.45, 2.75) is 94.0 Å². The molecule has 11 rings (SSSR count). The van der Waals surface area contributed by atoms with Gasteiger partial charge in [-0.1, -0.05) is 48.5 Å². The van der Waals surface area contributed by atoms with Gasteiger partial charge in [0, 0.05) is 54.1 Å². The Labute approximate surface area is 350 Å². The zero-order chi connectivity index (χ0) is 40.8. The maximum atomic E-state index is 16.2. The first-order valence-corrected chi connectivity index (χ1v) is 22.2. The number of nitrogens with one attached hydrogen (secondary N) is 1. The van der Waals surface area contributed by atoms with Crippen LogP contribution in [0.1, 0.15) is 113 Å². The fourth-order valence-electron chi connectivity index (χ4n) is 12.6. The molecule has 7 aliphatic rings. The first kappa shape index (κ1) is 37.8. The summed E-state index contributed by atoms with van der Waals surface area (Å²) in [5.41, 5.74) is 8.34. The summed E-state index contributed by atoms with van der Waals surface area (Å²) < 4.78 is 22.6. The molecule has 0 unspecified atom stereocenters. The van der Waals surface area contributed by atoms with E-state index >= 15 is 4.39 Å². The van der Waals surface area contributed by atoms with Crippen molar-refractivity contribution in [3.63, 3.8) is 0 Å². The summed E-state index contributed by atoms with van der Waals surface area (Å²) in [6.45, 7) is 5.90. The topological polar surface area (TPSA) is 102 Å². The van der Waals surface area contributed by atoms with Crippen LogP contribution < -0.4 is 15.0 Å². The van der Waals surface area contributed by atoms with Crippen LogP contribution >= 0.6 is 0 Å². The molecule has 5 aliphatic heterocycles. The molecule has 4 fully saturated rings. The van der Waals surface area contributed by atoms with Crippen LogP contribution in [0, 0.1) is 17.2 Å². The largest absolute Gasteiger partial charge is 0.508 e. The van der Waals surface area contributed by atoms with E-state index in [9.17, 15) is 19.5 Å². The zero-order valence-corrected chi connectivity index (χ0v) is 34.1. The van der Waals surface area contributed by atoms with Crippen molar-refractivity contribution in [2.75, 3.05) is 44.2 Å². The number of benzene rings is 4. The van der Waals surface area contributed by atoms with Gasteiger partial charge in [-0.05, 0) is 141 Å². The Hall–Kier alpha value is -5.22. The van der Waals surface area contributed by atoms with Gasteiger partial charge >= 0.3 is 0 Å². The van der Waals surface area contributed by atoms with Crippen LogP contribution in [0.4, 0.5) is 10.1 Å². The predicted molar refractivity (Wildman–Crippen MR) is 226 cm³/mol. The van der Waals surface area contributed by atoms with Crippen molar-refractivity contribution in [1.82, 2.24) is 15.1 Å². The number of imide groups is 1. The van der Waals surface area contributed by atoms with Gasteiger partial charge in [0.25, 0.3) is 5.91 Å². The number of piperidine rings is 3. The summed E-state index contributed by atoms with van der Waals surface area (Å²) in [4.78, 5) is 44.3. The number of halogens is 1. The van der Waals surface area contributed by atoms with Gasteiger partial charge in [-0.15, -0.1) is 0 Å². The smallest absolute Gasteiger partial charge is 0.255 e. The van der Waals surface area contributed by atoms with Crippen molar-refractivity contribution in [3.05, 3.63) is 124 Å². The predicted octanol–water partition coefficient (Wildman–Crippen LogP) is 7.58. The molecule has 60 heavy (non-hydrogen) atoms. The van der Waals surface area contributed by atoms with Crippen LogP contribution in [0.2, 0.25) is 0 Å². The molecule has 310 valence electrons. The maximum absolute atomic E-state index is 16.2. The van der Waals surface area contributed by atoms with Gasteiger partial charge in [-0.3, -0.25) is 19.7 Å². The summed E-state index contributed by atoms with van der Waals surface area (Å²) in [5, 5.41) is 12.6. The molecule has 0 aromatic heterocycles. The number of phenolic OH excluding ortho intramolecular Hbond substituents is 1. The number of aryl methyl sites for hydroxylation is 1. The highest BCUT2D eigenvalue weighted by Gasteiger charge is 2.50. The lowest BCUT2D eigenvalue weighted by Gasteiger charge is -2.54. The van der Waals surface area contributed by atoms with Crippen LogP contribution in [0.3, 0.4) is 0 Å². The van der Waals surface area contributed by atoms with Gasteiger partial charge in [0.1, 0.15) is 23.4 Å². The summed E-state index contributed by atoms with van der Waals surface area (Å²) in [6, 6.07) is 25.6. The van der Waals surface area contributed by atoms with Gasteiger partial charge in [0.05, 0.1) is 18.8 Å². The van der Waals surface area contributed by atoms with Crippen LogP contribution in [-0.2, 0) is 28.0 Å². The van der Waals surface area contributed by atoms with Crippen molar-refractivity contribution in [1.29, 1.82) is 0 Å². The van der Waals surface area contributed by atoms with E-state index in [0.29, 0.717) is 42.2 Å². The zero-order valence-electron chi connectivity index (χ0n) is 34.1. The van der Waals surface area contributed by atoms with Gasteiger partial charge in [0.2, 0.25) is 11.8 Å². The summed E-state index contributed by atoms with van der Waals surface area (Å²) in [5.74, 6) is 1.10. The molecule has 3 saturated heterocycles. The number of carbonyl (C=O) groups is 3. The SMILES string of the molecule is O=C1CC[C@H](N2Cc3c(ccc4c3OCC43CCN(CC4CC5(CCN(c6ccc([C@@H]7c8ccc(O)cc8CC[C@@H]7c7ccccc7)cc6F)CC5)C4)CC3)C2=O)C(=O)N1. The highest BCUT2D eigenvalue weighted by molar-refractivity contribution is 6.05. The Morgan fingerprint density at radius 1 is 0.833 bits per heavy atom. The molecule has 2 spiro atoms. The lowest BCUT2D eigenvalue weighted by molar-refractivity contribution is -0.136. The minimum atomic E-state index is -0.631. The average molecular weight is 809 g/mol.